The molecular weight excluding hydrogens is 398 g/mol. The number of methoxy groups -OCH3 is 1. The van der Waals surface area contributed by atoms with Crippen molar-refractivity contribution < 1.29 is 14.3 Å². The maximum Gasteiger partial charge on any atom is 0.322 e. The first-order chi connectivity index (χ1) is 15.6. The molecular formula is C28H29NO3. The molecule has 0 aliphatic heterocycles. The Hall–Kier alpha value is -3.24. The van der Waals surface area contributed by atoms with Crippen molar-refractivity contribution >= 4 is 11.8 Å². The molecule has 0 aromatic heterocycles. The maximum absolute atomic E-state index is 13.0. The van der Waals surface area contributed by atoms with Crippen LogP contribution in [0.15, 0.2) is 91.0 Å². The van der Waals surface area contributed by atoms with Crippen LogP contribution in [0.1, 0.15) is 42.4 Å². The minimum atomic E-state index is -0.787. The molecule has 0 saturated heterocycles. The van der Waals surface area contributed by atoms with E-state index in [-0.39, 0.29) is 17.7 Å². The molecule has 4 nitrogen and oxygen atoms in total. The van der Waals surface area contributed by atoms with Crippen molar-refractivity contribution in [1.29, 1.82) is 0 Å². The Morgan fingerprint density at radius 1 is 0.906 bits per heavy atom. The fourth-order valence-corrected chi connectivity index (χ4v) is 4.85. The normalized spacial score (nSPS) is 17.2. The predicted molar refractivity (Wildman–Crippen MR) is 125 cm³/mol. The largest absolute Gasteiger partial charge is 0.468 e. The van der Waals surface area contributed by atoms with Gasteiger partial charge in [0.05, 0.1) is 12.6 Å². The van der Waals surface area contributed by atoms with E-state index < -0.39 is 11.6 Å². The van der Waals surface area contributed by atoms with Crippen LogP contribution in [0.4, 0.5) is 0 Å². The van der Waals surface area contributed by atoms with Crippen LogP contribution in [-0.4, -0.2) is 24.9 Å². The summed E-state index contributed by atoms with van der Waals surface area (Å²) in [5.41, 5.74) is 2.27. The van der Waals surface area contributed by atoms with Crippen molar-refractivity contribution in [3.05, 3.63) is 108 Å². The predicted octanol–water partition coefficient (Wildman–Crippen LogP) is 4.87. The van der Waals surface area contributed by atoms with Gasteiger partial charge in [0.2, 0.25) is 0 Å². The smallest absolute Gasteiger partial charge is 0.322 e. The van der Waals surface area contributed by atoms with Crippen molar-refractivity contribution in [3.63, 3.8) is 0 Å². The molecule has 1 unspecified atom stereocenters. The summed E-state index contributed by atoms with van der Waals surface area (Å²) in [6.45, 7) is 0. The number of Topliss-reactive ketones (excluding diaryl/α,β-unsaturated/α-hetero) is 1. The molecule has 3 aromatic carbocycles. The van der Waals surface area contributed by atoms with E-state index in [1.54, 1.807) is 0 Å². The number of carbonyl (C=O) groups excluding carboxylic acids is 2. The molecule has 2 atom stereocenters. The average molecular weight is 428 g/mol. The van der Waals surface area contributed by atoms with Crippen LogP contribution in [0.2, 0.25) is 0 Å². The van der Waals surface area contributed by atoms with Gasteiger partial charge in [-0.1, -0.05) is 91.0 Å². The zero-order valence-electron chi connectivity index (χ0n) is 18.4. The highest BCUT2D eigenvalue weighted by atomic mass is 16.5. The summed E-state index contributed by atoms with van der Waals surface area (Å²) in [5.74, 6) is -0.228. The van der Waals surface area contributed by atoms with Crippen LogP contribution in [0.25, 0.3) is 0 Å². The topological polar surface area (TPSA) is 55.4 Å². The minimum Gasteiger partial charge on any atom is -0.468 e. The Kier molecular flexibility index (Phi) is 6.81. The molecule has 1 N–H and O–H groups in total. The molecule has 1 aliphatic carbocycles. The van der Waals surface area contributed by atoms with Gasteiger partial charge in [0.1, 0.15) is 11.8 Å². The van der Waals surface area contributed by atoms with Crippen molar-refractivity contribution in [2.75, 3.05) is 7.11 Å². The van der Waals surface area contributed by atoms with Gasteiger partial charge in [-0.25, -0.2) is 0 Å². The number of esters is 1. The monoisotopic (exact) mass is 427 g/mol. The molecule has 0 spiro atoms. The van der Waals surface area contributed by atoms with Gasteiger partial charge in [-0.05, 0) is 36.0 Å². The molecule has 1 aliphatic rings. The number of hydrogen-bond donors (Lipinski definition) is 1. The van der Waals surface area contributed by atoms with Crippen LogP contribution in [0.3, 0.4) is 0 Å². The van der Waals surface area contributed by atoms with Crippen LogP contribution < -0.4 is 5.32 Å². The number of nitrogens with one attached hydrogen (secondary N) is 1. The minimum absolute atomic E-state index is 0.119. The number of ether oxygens (including phenoxy) is 1. The summed E-state index contributed by atoms with van der Waals surface area (Å²) in [6, 6.07) is 29.8. The van der Waals surface area contributed by atoms with Gasteiger partial charge in [-0.15, -0.1) is 0 Å². The van der Waals surface area contributed by atoms with Gasteiger partial charge in [0.15, 0.2) is 0 Å². The molecule has 0 amide bonds. The molecule has 0 heterocycles. The highest BCUT2D eigenvalue weighted by Gasteiger charge is 2.41. The number of hydrogen-bond acceptors (Lipinski definition) is 4. The molecule has 0 bridgehead atoms. The Labute approximate surface area is 189 Å². The second kappa shape index (κ2) is 9.92. The van der Waals surface area contributed by atoms with E-state index in [1.165, 1.54) is 7.11 Å². The lowest BCUT2D eigenvalue weighted by Crippen LogP contribution is -2.53. The van der Waals surface area contributed by atoms with Crippen molar-refractivity contribution in [3.8, 4) is 0 Å². The number of benzene rings is 3. The molecule has 1 fully saturated rings. The number of rotatable bonds is 8. The molecule has 164 valence electrons. The Bertz CT molecular complexity index is 937. The average Bonchev–Trinajstić information content (AvgIpc) is 3.27. The molecule has 3 aromatic rings. The lowest BCUT2D eigenvalue weighted by atomic mass is 9.76. The van der Waals surface area contributed by atoms with Gasteiger partial charge < -0.3 is 4.74 Å². The molecule has 32 heavy (non-hydrogen) atoms. The van der Waals surface area contributed by atoms with Gasteiger partial charge in [0.25, 0.3) is 0 Å². The van der Waals surface area contributed by atoms with E-state index in [0.717, 1.165) is 29.5 Å². The standard InChI is InChI=1S/C28H29NO3/c1-32-27(31)25(20-21-12-11-19-26(21)30)29-28(22-13-5-2-6-14-22,23-15-7-3-8-16-23)24-17-9-4-10-18-24/h2-10,13-18,21,25,29H,11-12,19-20H2,1H3/t21?,25-/m0/s1. The summed E-state index contributed by atoms with van der Waals surface area (Å²) in [6.07, 6.45) is 2.74. The van der Waals surface area contributed by atoms with Crippen molar-refractivity contribution in [2.45, 2.75) is 37.3 Å². The highest BCUT2D eigenvalue weighted by Crippen LogP contribution is 2.38. The molecule has 4 heteroatoms. The fraction of sp³-hybridized carbons (Fsp3) is 0.286. The zero-order chi connectivity index (χ0) is 22.4. The number of carbonyl (C=O) groups is 2. The van der Waals surface area contributed by atoms with Crippen molar-refractivity contribution in [1.82, 2.24) is 5.32 Å². The van der Waals surface area contributed by atoms with Gasteiger partial charge in [-0.3, -0.25) is 14.9 Å². The first-order valence-corrected chi connectivity index (χ1v) is 11.2. The van der Waals surface area contributed by atoms with Crippen LogP contribution in [-0.2, 0) is 19.9 Å². The van der Waals surface area contributed by atoms with Crippen LogP contribution in [0, 0.1) is 5.92 Å². The summed E-state index contributed by atoms with van der Waals surface area (Å²) in [7, 11) is 1.41. The van der Waals surface area contributed by atoms with E-state index in [1.807, 2.05) is 54.6 Å². The third-order valence-corrected chi connectivity index (χ3v) is 6.45. The van der Waals surface area contributed by atoms with Gasteiger partial charge >= 0.3 is 5.97 Å². The highest BCUT2D eigenvalue weighted by molar-refractivity contribution is 5.84. The third-order valence-electron chi connectivity index (χ3n) is 6.45. The lowest BCUT2D eigenvalue weighted by molar-refractivity contribution is -0.144. The quantitative estimate of drug-likeness (QED) is 0.412. The fourth-order valence-electron chi connectivity index (χ4n) is 4.85. The number of ketones is 1. The lowest BCUT2D eigenvalue weighted by Gasteiger charge is -2.40. The van der Waals surface area contributed by atoms with E-state index in [9.17, 15) is 9.59 Å². The molecule has 0 radical (unpaired) electrons. The van der Waals surface area contributed by atoms with Gasteiger partial charge in [-0.2, -0.15) is 0 Å². The zero-order valence-corrected chi connectivity index (χ0v) is 18.4. The second-order valence-corrected chi connectivity index (χ2v) is 8.36. The van der Waals surface area contributed by atoms with E-state index >= 15 is 0 Å². The molecule has 1 saturated carbocycles. The van der Waals surface area contributed by atoms with Crippen LogP contribution >= 0.6 is 0 Å². The summed E-state index contributed by atoms with van der Waals surface area (Å²) >= 11 is 0. The van der Waals surface area contributed by atoms with E-state index in [2.05, 4.69) is 41.7 Å². The molecule has 4 rings (SSSR count). The van der Waals surface area contributed by atoms with Crippen molar-refractivity contribution in [2.24, 2.45) is 5.92 Å². The summed E-state index contributed by atoms with van der Waals surface area (Å²) in [4.78, 5) is 25.4. The SMILES string of the molecule is COC(=O)[C@H](CC1CCCC1=O)NC(c1ccccc1)(c1ccccc1)c1ccccc1. The summed E-state index contributed by atoms with van der Waals surface area (Å²) < 4.78 is 5.20. The Balaban J connectivity index is 1.87. The van der Waals surface area contributed by atoms with E-state index in [0.29, 0.717) is 12.8 Å². The van der Waals surface area contributed by atoms with E-state index in [4.69, 9.17) is 4.74 Å². The first-order valence-electron chi connectivity index (χ1n) is 11.2. The first kappa shape index (κ1) is 22.0. The maximum atomic E-state index is 13.0. The Morgan fingerprint density at radius 3 is 1.75 bits per heavy atom. The van der Waals surface area contributed by atoms with Crippen LogP contribution in [0.5, 0.6) is 0 Å². The van der Waals surface area contributed by atoms with Gasteiger partial charge in [0, 0.05) is 12.3 Å². The Morgan fingerprint density at radius 2 is 1.38 bits per heavy atom. The second-order valence-electron chi connectivity index (χ2n) is 8.36. The third kappa shape index (κ3) is 4.37. The summed E-state index contributed by atoms with van der Waals surface area (Å²) in [5, 5.41) is 3.69.